The highest BCUT2D eigenvalue weighted by molar-refractivity contribution is 5.99. The van der Waals surface area contributed by atoms with Crippen LogP contribution in [-0.2, 0) is 0 Å². The van der Waals surface area contributed by atoms with Gasteiger partial charge in [0.2, 0.25) is 0 Å². The number of carbonyl (C=O) groups excluding carboxylic acids is 1. The summed E-state index contributed by atoms with van der Waals surface area (Å²) >= 11 is 0. The molecular formula is C17H22N2O. The average molecular weight is 270 g/mol. The summed E-state index contributed by atoms with van der Waals surface area (Å²) in [5.74, 6) is 2.31. The van der Waals surface area contributed by atoms with Gasteiger partial charge in [-0.25, -0.2) is 0 Å². The van der Waals surface area contributed by atoms with Crippen LogP contribution in [0.15, 0.2) is 36.4 Å². The highest BCUT2D eigenvalue weighted by Gasteiger charge is 2.35. The predicted molar refractivity (Wildman–Crippen MR) is 81.8 cm³/mol. The third kappa shape index (κ3) is 2.45. The number of hydrogen-bond acceptors (Lipinski definition) is 2. The largest absolute Gasteiger partial charge is 0.384 e. The van der Waals surface area contributed by atoms with Crippen LogP contribution < -0.4 is 5.32 Å². The van der Waals surface area contributed by atoms with E-state index in [1.54, 1.807) is 19.0 Å². The zero-order valence-corrected chi connectivity index (χ0v) is 12.2. The monoisotopic (exact) mass is 270 g/mol. The SMILES string of the molecule is CN(C)C(=O)c1ccccc1NCC1CC2C=CC1C2. The average Bonchev–Trinajstić information content (AvgIpc) is 3.07. The van der Waals surface area contributed by atoms with E-state index in [1.165, 1.54) is 12.8 Å². The molecule has 3 atom stereocenters. The lowest BCUT2D eigenvalue weighted by molar-refractivity contribution is 0.0828. The van der Waals surface area contributed by atoms with Gasteiger partial charge >= 0.3 is 0 Å². The second-order valence-electron chi connectivity index (χ2n) is 6.17. The molecule has 3 nitrogen and oxygen atoms in total. The van der Waals surface area contributed by atoms with E-state index in [1.807, 2.05) is 24.3 Å². The number of nitrogens with zero attached hydrogens (tertiary/aromatic N) is 1. The van der Waals surface area contributed by atoms with Gasteiger partial charge in [0.05, 0.1) is 5.56 Å². The molecule has 106 valence electrons. The molecule has 1 aromatic rings. The smallest absolute Gasteiger partial charge is 0.255 e. The summed E-state index contributed by atoms with van der Waals surface area (Å²) in [6, 6.07) is 7.79. The first-order valence-corrected chi connectivity index (χ1v) is 7.38. The normalized spacial score (nSPS) is 26.8. The molecule has 0 heterocycles. The van der Waals surface area contributed by atoms with Crippen molar-refractivity contribution in [2.45, 2.75) is 12.8 Å². The Morgan fingerprint density at radius 3 is 2.70 bits per heavy atom. The molecule has 1 aromatic carbocycles. The molecule has 0 aromatic heterocycles. The maximum absolute atomic E-state index is 12.2. The van der Waals surface area contributed by atoms with Gasteiger partial charge in [0, 0.05) is 26.3 Å². The zero-order chi connectivity index (χ0) is 14.1. The van der Waals surface area contributed by atoms with Crippen molar-refractivity contribution in [2.75, 3.05) is 26.0 Å². The predicted octanol–water partition coefficient (Wildman–Crippen LogP) is 3.01. The molecular weight excluding hydrogens is 248 g/mol. The van der Waals surface area contributed by atoms with Crippen LogP contribution in [0.4, 0.5) is 5.69 Å². The summed E-state index contributed by atoms with van der Waals surface area (Å²) in [4.78, 5) is 13.8. The summed E-state index contributed by atoms with van der Waals surface area (Å²) in [6.45, 7) is 0.962. The van der Waals surface area contributed by atoms with Gasteiger partial charge in [-0.05, 0) is 42.7 Å². The maximum Gasteiger partial charge on any atom is 0.255 e. The number of benzene rings is 1. The molecule has 0 aliphatic heterocycles. The number of hydrogen-bond donors (Lipinski definition) is 1. The molecule has 2 aliphatic carbocycles. The molecule has 2 aliphatic rings. The van der Waals surface area contributed by atoms with E-state index in [0.29, 0.717) is 5.92 Å². The summed E-state index contributed by atoms with van der Waals surface area (Å²) in [5.41, 5.74) is 1.72. The van der Waals surface area contributed by atoms with Gasteiger partial charge in [0.25, 0.3) is 5.91 Å². The van der Waals surface area contributed by atoms with Crippen LogP contribution in [0.5, 0.6) is 0 Å². The van der Waals surface area contributed by atoms with Crippen molar-refractivity contribution in [3.8, 4) is 0 Å². The second kappa shape index (κ2) is 5.31. The van der Waals surface area contributed by atoms with Gasteiger partial charge in [-0.1, -0.05) is 24.3 Å². The van der Waals surface area contributed by atoms with E-state index >= 15 is 0 Å². The summed E-state index contributed by atoms with van der Waals surface area (Å²) in [7, 11) is 3.58. The molecule has 1 fully saturated rings. The summed E-state index contributed by atoms with van der Waals surface area (Å²) in [6.07, 6.45) is 7.35. The molecule has 0 spiro atoms. The topological polar surface area (TPSA) is 32.3 Å². The number of rotatable bonds is 4. The lowest BCUT2D eigenvalue weighted by Gasteiger charge is -2.21. The van der Waals surface area contributed by atoms with Crippen molar-refractivity contribution in [2.24, 2.45) is 17.8 Å². The third-order valence-corrected chi connectivity index (χ3v) is 4.53. The molecule has 3 unspecified atom stereocenters. The van der Waals surface area contributed by atoms with Crippen molar-refractivity contribution in [1.82, 2.24) is 4.90 Å². The molecule has 1 amide bonds. The number of amides is 1. The Kier molecular flexibility index (Phi) is 3.51. The van der Waals surface area contributed by atoms with E-state index < -0.39 is 0 Å². The fourth-order valence-electron chi connectivity index (χ4n) is 3.44. The Balaban J connectivity index is 1.68. The van der Waals surface area contributed by atoms with Crippen LogP contribution in [0.25, 0.3) is 0 Å². The Bertz CT molecular complexity index is 536. The van der Waals surface area contributed by atoms with Crippen molar-refractivity contribution in [1.29, 1.82) is 0 Å². The highest BCUT2D eigenvalue weighted by atomic mass is 16.2. The maximum atomic E-state index is 12.2. The third-order valence-electron chi connectivity index (χ3n) is 4.53. The molecule has 1 N–H and O–H groups in total. The zero-order valence-electron chi connectivity index (χ0n) is 12.2. The molecule has 3 rings (SSSR count). The Morgan fingerprint density at radius 2 is 2.05 bits per heavy atom. The van der Waals surface area contributed by atoms with Crippen LogP contribution in [0.3, 0.4) is 0 Å². The standard InChI is InChI=1S/C17H22N2O/c1-19(2)17(20)15-5-3-4-6-16(15)18-11-14-10-12-7-8-13(14)9-12/h3-8,12-14,18H,9-11H2,1-2H3. The van der Waals surface area contributed by atoms with Gasteiger partial charge in [-0.2, -0.15) is 0 Å². The molecule has 20 heavy (non-hydrogen) atoms. The van der Waals surface area contributed by atoms with Crippen LogP contribution in [0, 0.1) is 17.8 Å². The number of nitrogens with one attached hydrogen (secondary N) is 1. The van der Waals surface area contributed by atoms with Gasteiger partial charge in [0.15, 0.2) is 0 Å². The fraction of sp³-hybridized carbons (Fsp3) is 0.471. The Morgan fingerprint density at radius 1 is 1.25 bits per heavy atom. The van der Waals surface area contributed by atoms with Gasteiger partial charge in [-0.15, -0.1) is 0 Å². The van der Waals surface area contributed by atoms with Crippen LogP contribution in [0.2, 0.25) is 0 Å². The first kappa shape index (κ1) is 13.2. The van der Waals surface area contributed by atoms with Gasteiger partial charge in [0.1, 0.15) is 0 Å². The minimum Gasteiger partial charge on any atom is -0.384 e. The molecule has 0 radical (unpaired) electrons. The molecule has 3 heteroatoms. The minimum atomic E-state index is 0.0564. The number of anilines is 1. The fourth-order valence-corrected chi connectivity index (χ4v) is 3.44. The molecule has 0 saturated heterocycles. The van der Waals surface area contributed by atoms with Crippen LogP contribution in [-0.4, -0.2) is 31.4 Å². The van der Waals surface area contributed by atoms with Crippen molar-refractivity contribution >= 4 is 11.6 Å². The van der Waals surface area contributed by atoms with Gasteiger partial charge < -0.3 is 10.2 Å². The van der Waals surface area contributed by atoms with Crippen molar-refractivity contribution in [3.05, 3.63) is 42.0 Å². The van der Waals surface area contributed by atoms with E-state index in [0.717, 1.165) is 29.6 Å². The molecule has 2 bridgehead atoms. The van der Waals surface area contributed by atoms with E-state index in [2.05, 4.69) is 17.5 Å². The number of fused-ring (bicyclic) bond motifs is 2. The first-order valence-electron chi connectivity index (χ1n) is 7.38. The van der Waals surface area contributed by atoms with Crippen molar-refractivity contribution < 1.29 is 4.79 Å². The van der Waals surface area contributed by atoms with Crippen LogP contribution in [0.1, 0.15) is 23.2 Å². The second-order valence-corrected chi connectivity index (χ2v) is 6.17. The van der Waals surface area contributed by atoms with Gasteiger partial charge in [-0.3, -0.25) is 4.79 Å². The van der Waals surface area contributed by atoms with E-state index in [-0.39, 0.29) is 5.91 Å². The summed E-state index contributed by atoms with van der Waals surface area (Å²) in [5, 5.41) is 3.49. The van der Waals surface area contributed by atoms with E-state index in [9.17, 15) is 4.79 Å². The highest BCUT2D eigenvalue weighted by Crippen LogP contribution is 2.43. The number of para-hydroxylation sites is 1. The lowest BCUT2D eigenvalue weighted by Crippen LogP contribution is -2.24. The lowest BCUT2D eigenvalue weighted by atomic mass is 9.93. The minimum absolute atomic E-state index is 0.0564. The summed E-state index contributed by atoms with van der Waals surface area (Å²) < 4.78 is 0. The number of allylic oxidation sites excluding steroid dienone is 2. The quantitative estimate of drug-likeness (QED) is 0.853. The molecule has 1 saturated carbocycles. The number of carbonyl (C=O) groups is 1. The Hall–Kier alpha value is -1.77. The Labute approximate surface area is 120 Å². The van der Waals surface area contributed by atoms with Crippen molar-refractivity contribution in [3.63, 3.8) is 0 Å². The first-order chi connectivity index (χ1) is 9.65. The van der Waals surface area contributed by atoms with E-state index in [4.69, 9.17) is 0 Å². The van der Waals surface area contributed by atoms with Crippen LogP contribution >= 0.6 is 0 Å².